The van der Waals surface area contributed by atoms with Crippen molar-refractivity contribution in [3.63, 3.8) is 0 Å². The highest BCUT2D eigenvalue weighted by molar-refractivity contribution is 7.99. The fourth-order valence-corrected chi connectivity index (χ4v) is 2.65. The van der Waals surface area contributed by atoms with E-state index in [0.717, 1.165) is 5.75 Å². The lowest BCUT2D eigenvalue weighted by molar-refractivity contribution is -0.144. The predicted octanol–water partition coefficient (Wildman–Crippen LogP) is 3.36. The molecule has 0 saturated carbocycles. The van der Waals surface area contributed by atoms with Crippen molar-refractivity contribution in [3.8, 4) is 0 Å². The zero-order valence-electron chi connectivity index (χ0n) is 12.0. The van der Waals surface area contributed by atoms with Gasteiger partial charge in [-0.1, -0.05) is 45.4 Å². The van der Waals surface area contributed by atoms with Crippen LogP contribution >= 0.6 is 11.8 Å². The standard InChI is InChI=1S/C14H29NO2S/c1-3-5-6-7-8-9-10-11-18-12-13(15)14(16)17-4-2/h13H,3-12,15H2,1-2H3. The summed E-state index contributed by atoms with van der Waals surface area (Å²) in [5, 5.41) is 0. The lowest BCUT2D eigenvalue weighted by atomic mass is 10.1. The summed E-state index contributed by atoms with van der Waals surface area (Å²) in [7, 11) is 0. The fourth-order valence-electron chi connectivity index (χ4n) is 1.69. The molecule has 0 radical (unpaired) electrons. The largest absolute Gasteiger partial charge is 0.465 e. The van der Waals surface area contributed by atoms with Gasteiger partial charge in [-0.15, -0.1) is 0 Å². The number of thioether (sulfide) groups is 1. The molecule has 0 heterocycles. The second-order valence-electron chi connectivity index (χ2n) is 4.55. The summed E-state index contributed by atoms with van der Waals surface area (Å²) in [6.07, 6.45) is 9.27. The van der Waals surface area contributed by atoms with E-state index in [2.05, 4.69) is 6.92 Å². The summed E-state index contributed by atoms with van der Waals surface area (Å²) in [5.41, 5.74) is 5.70. The first kappa shape index (κ1) is 17.8. The van der Waals surface area contributed by atoms with Crippen molar-refractivity contribution < 1.29 is 9.53 Å². The highest BCUT2D eigenvalue weighted by atomic mass is 32.2. The molecule has 108 valence electrons. The van der Waals surface area contributed by atoms with Crippen LogP contribution in [-0.2, 0) is 9.53 Å². The number of hydrogen-bond acceptors (Lipinski definition) is 4. The van der Waals surface area contributed by atoms with E-state index in [1.54, 1.807) is 18.7 Å². The Hall–Kier alpha value is -0.220. The summed E-state index contributed by atoms with van der Waals surface area (Å²) in [5.74, 6) is 1.50. The van der Waals surface area contributed by atoms with Crippen molar-refractivity contribution in [2.45, 2.75) is 64.8 Å². The Bertz CT molecular complexity index is 200. The second-order valence-corrected chi connectivity index (χ2v) is 5.70. The third-order valence-electron chi connectivity index (χ3n) is 2.78. The second kappa shape index (κ2) is 13.2. The molecule has 0 aromatic carbocycles. The first-order valence-corrected chi connectivity index (χ1v) is 8.37. The molecule has 0 amide bonds. The Labute approximate surface area is 116 Å². The van der Waals surface area contributed by atoms with Crippen LogP contribution in [0, 0.1) is 0 Å². The van der Waals surface area contributed by atoms with Gasteiger partial charge >= 0.3 is 5.97 Å². The molecular formula is C14H29NO2S. The maximum atomic E-state index is 11.2. The Morgan fingerprint density at radius 1 is 1.11 bits per heavy atom. The number of rotatable bonds is 12. The molecule has 0 aromatic heterocycles. The predicted molar refractivity (Wildman–Crippen MR) is 79.9 cm³/mol. The molecule has 1 atom stereocenters. The fraction of sp³-hybridized carbons (Fsp3) is 0.929. The minimum Gasteiger partial charge on any atom is -0.465 e. The van der Waals surface area contributed by atoms with E-state index in [-0.39, 0.29) is 5.97 Å². The van der Waals surface area contributed by atoms with Crippen molar-refractivity contribution in [3.05, 3.63) is 0 Å². The van der Waals surface area contributed by atoms with Crippen molar-refractivity contribution in [1.82, 2.24) is 0 Å². The number of hydrogen-bond donors (Lipinski definition) is 1. The van der Waals surface area contributed by atoms with Crippen LogP contribution in [0.25, 0.3) is 0 Å². The third-order valence-corrected chi connectivity index (χ3v) is 3.95. The van der Waals surface area contributed by atoms with E-state index in [9.17, 15) is 4.79 Å². The molecule has 1 unspecified atom stereocenters. The number of unbranched alkanes of at least 4 members (excludes halogenated alkanes) is 6. The maximum absolute atomic E-state index is 11.2. The van der Waals surface area contributed by atoms with Crippen LogP contribution in [0.2, 0.25) is 0 Å². The van der Waals surface area contributed by atoms with E-state index in [1.807, 2.05) is 0 Å². The van der Waals surface area contributed by atoms with Crippen molar-refractivity contribution in [2.75, 3.05) is 18.1 Å². The molecule has 0 saturated heterocycles. The zero-order chi connectivity index (χ0) is 13.6. The highest BCUT2D eigenvalue weighted by Gasteiger charge is 2.13. The molecule has 0 spiro atoms. The van der Waals surface area contributed by atoms with Crippen LogP contribution in [0.5, 0.6) is 0 Å². The number of nitrogens with two attached hydrogens (primary N) is 1. The van der Waals surface area contributed by atoms with Gasteiger partial charge in [0.25, 0.3) is 0 Å². The van der Waals surface area contributed by atoms with Crippen LogP contribution in [0.1, 0.15) is 58.8 Å². The van der Waals surface area contributed by atoms with Crippen LogP contribution < -0.4 is 5.73 Å². The van der Waals surface area contributed by atoms with Gasteiger partial charge in [-0.3, -0.25) is 4.79 Å². The Balaban J connectivity index is 3.22. The first-order valence-electron chi connectivity index (χ1n) is 7.22. The molecule has 4 heteroatoms. The van der Waals surface area contributed by atoms with Crippen molar-refractivity contribution >= 4 is 17.7 Å². The van der Waals surface area contributed by atoms with Crippen molar-refractivity contribution in [2.24, 2.45) is 5.73 Å². The summed E-state index contributed by atoms with van der Waals surface area (Å²) in [6, 6.07) is -0.459. The summed E-state index contributed by atoms with van der Waals surface area (Å²) < 4.78 is 4.86. The Morgan fingerprint density at radius 3 is 2.33 bits per heavy atom. The molecule has 2 N–H and O–H groups in total. The molecule has 0 bridgehead atoms. The summed E-state index contributed by atoms with van der Waals surface area (Å²) in [4.78, 5) is 11.2. The molecule has 0 fully saturated rings. The van der Waals surface area contributed by atoms with E-state index in [1.165, 1.54) is 44.9 Å². The molecular weight excluding hydrogens is 246 g/mol. The quantitative estimate of drug-likeness (QED) is 0.438. The van der Waals surface area contributed by atoms with Gasteiger partial charge in [0.15, 0.2) is 0 Å². The highest BCUT2D eigenvalue weighted by Crippen LogP contribution is 2.11. The van der Waals surface area contributed by atoms with Crippen LogP contribution in [-0.4, -0.2) is 30.1 Å². The average Bonchev–Trinajstić information content (AvgIpc) is 2.36. The van der Waals surface area contributed by atoms with E-state index in [0.29, 0.717) is 12.4 Å². The third kappa shape index (κ3) is 10.9. The molecule has 0 aliphatic carbocycles. The van der Waals surface area contributed by atoms with Crippen LogP contribution in [0.4, 0.5) is 0 Å². The number of ether oxygens (including phenoxy) is 1. The topological polar surface area (TPSA) is 52.3 Å². The monoisotopic (exact) mass is 275 g/mol. The molecule has 3 nitrogen and oxygen atoms in total. The minimum absolute atomic E-state index is 0.274. The zero-order valence-corrected chi connectivity index (χ0v) is 12.8. The average molecular weight is 275 g/mol. The van der Waals surface area contributed by atoms with Gasteiger partial charge < -0.3 is 10.5 Å². The Morgan fingerprint density at radius 2 is 1.72 bits per heavy atom. The molecule has 0 aromatic rings. The van der Waals surface area contributed by atoms with E-state index < -0.39 is 6.04 Å². The molecule has 0 rings (SSSR count). The number of esters is 1. The first-order chi connectivity index (χ1) is 8.72. The van der Waals surface area contributed by atoms with E-state index in [4.69, 9.17) is 10.5 Å². The lowest BCUT2D eigenvalue weighted by Gasteiger charge is -2.09. The van der Waals surface area contributed by atoms with Gasteiger partial charge in [0.1, 0.15) is 6.04 Å². The molecule has 0 aliphatic rings. The normalized spacial score (nSPS) is 12.4. The smallest absolute Gasteiger partial charge is 0.323 e. The SMILES string of the molecule is CCCCCCCCCSCC(N)C(=O)OCC. The Kier molecular flexibility index (Phi) is 13.1. The van der Waals surface area contributed by atoms with Gasteiger partial charge in [-0.2, -0.15) is 11.8 Å². The molecule has 0 aliphatic heterocycles. The molecule has 18 heavy (non-hydrogen) atoms. The maximum Gasteiger partial charge on any atom is 0.323 e. The summed E-state index contributed by atoms with van der Waals surface area (Å²) >= 11 is 1.76. The van der Waals surface area contributed by atoms with Crippen molar-refractivity contribution in [1.29, 1.82) is 0 Å². The number of carbonyl (C=O) groups excluding carboxylic acids is 1. The minimum atomic E-state index is -0.459. The lowest BCUT2D eigenvalue weighted by Crippen LogP contribution is -2.34. The van der Waals surface area contributed by atoms with Crippen LogP contribution in [0.15, 0.2) is 0 Å². The van der Waals surface area contributed by atoms with Gasteiger partial charge in [-0.05, 0) is 19.1 Å². The van der Waals surface area contributed by atoms with Gasteiger partial charge in [-0.25, -0.2) is 0 Å². The number of carbonyl (C=O) groups is 1. The van der Waals surface area contributed by atoms with Gasteiger partial charge in [0.05, 0.1) is 6.61 Å². The van der Waals surface area contributed by atoms with Gasteiger partial charge in [0, 0.05) is 5.75 Å². The van der Waals surface area contributed by atoms with Crippen LogP contribution in [0.3, 0.4) is 0 Å². The summed E-state index contributed by atoms with van der Waals surface area (Å²) in [6.45, 7) is 4.45. The van der Waals surface area contributed by atoms with E-state index >= 15 is 0 Å². The van der Waals surface area contributed by atoms with Gasteiger partial charge in [0.2, 0.25) is 0 Å².